The Bertz CT molecular complexity index is 574. The zero-order valence-corrected chi connectivity index (χ0v) is 13.9. The summed E-state index contributed by atoms with van der Waals surface area (Å²) in [5, 5.41) is 2.78. The molecule has 120 valence electrons. The van der Waals surface area contributed by atoms with Crippen molar-refractivity contribution in [1.82, 2.24) is 5.32 Å². The number of esters is 1. The lowest BCUT2D eigenvalue weighted by molar-refractivity contribution is -0.140. The second-order valence-corrected chi connectivity index (χ2v) is 6.35. The summed E-state index contributed by atoms with van der Waals surface area (Å²) in [7, 11) is 0. The zero-order valence-electron chi connectivity index (χ0n) is 13.9. The fourth-order valence-electron chi connectivity index (χ4n) is 3.16. The maximum absolute atomic E-state index is 12.6. The molecule has 0 spiro atoms. The van der Waals surface area contributed by atoms with E-state index in [9.17, 15) is 9.59 Å². The van der Waals surface area contributed by atoms with Gasteiger partial charge in [-0.25, -0.2) is 4.79 Å². The Morgan fingerprint density at radius 3 is 2.41 bits per heavy atom. The Balaban J connectivity index is 2.18. The summed E-state index contributed by atoms with van der Waals surface area (Å²) in [6.07, 6.45) is 4.14. The number of ether oxygens (including phenoxy) is 1. The first kappa shape index (κ1) is 16.5. The van der Waals surface area contributed by atoms with E-state index in [-0.39, 0.29) is 17.8 Å². The normalized spacial score (nSPS) is 16.4. The molecule has 0 aromatic heterocycles. The third kappa shape index (κ3) is 3.87. The van der Waals surface area contributed by atoms with Crippen LogP contribution in [0.25, 0.3) is 0 Å². The van der Waals surface area contributed by atoms with Crippen LogP contribution in [0.2, 0.25) is 0 Å². The van der Waals surface area contributed by atoms with E-state index in [4.69, 9.17) is 4.74 Å². The molecular weight excluding hydrogens is 278 g/mol. The quantitative estimate of drug-likeness (QED) is 0.686. The predicted octanol–water partition coefficient (Wildman–Crippen LogP) is 3.21. The van der Waals surface area contributed by atoms with Gasteiger partial charge in [0.05, 0.1) is 0 Å². The van der Waals surface area contributed by atoms with E-state index in [1.807, 2.05) is 26.8 Å². The third-order valence-corrected chi connectivity index (χ3v) is 4.46. The van der Waals surface area contributed by atoms with E-state index >= 15 is 0 Å². The van der Waals surface area contributed by atoms with E-state index in [1.165, 1.54) is 6.92 Å². The van der Waals surface area contributed by atoms with Crippen LogP contribution in [-0.4, -0.2) is 17.9 Å². The fourth-order valence-corrected chi connectivity index (χ4v) is 3.16. The minimum absolute atomic E-state index is 0.183. The number of hydrogen-bond donors (Lipinski definition) is 1. The van der Waals surface area contributed by atoms with Crippen molar-refractivity contribution in [2.45, 2.75) is 59.4 Å². The SMILES string of the molecule is CC(=O)NC(C(=O)Oc1cc(C)cc(C)c1C)C1CCCC1. The number of amides is 1. The number of aryl methyl sites for hydroxylation is 2. The molecule has 0 aliphatic heterocycles. The summed E-state index contributed by atoms with van der Waals surface area (Å²) in [4.78, 5) is 24.0. The second-order valence-electron chi connectivity index (χ2n) is 6.35. The first-order valence-electron chi connectivity index (χ1n) is 7.95. The molecule has 1 aliphatic rings. The number of rotatable bonds is 4. The summed E-state index contributed by atoms with van der Waals surface area (Å²) in [5.41, 5.74) is 3.12. The molecule has 4 nitrogen and oxygen atoms in total. The molecule has 0 heterocycles. The topological polar surface area (TPSA) is 55.4 Å². The Labute approximate surface area is 132 Å². The van der Waals surface area contributed by atoms with Gasteiger partial charge in [-0.2, -0.15) is 0 Å². The van der Waals surface area contributed by atoms with Crippen molar-refractivity contribution in [1.29, 1.82) is 0 Å². The van der Waals surface area contributed by atoms with Crippen LogP contribution in [0.5, 0.6) is 5.75 Å². The summed E-state index contributed by atoms with van der Waals surface area (Å²) in [6, 6.07) is 3.40. The van der Waals surface area contributed by atoms with E-state index in [0.717, 1.165) is 42.4 Å². The highest BCUT2D eigenvalue weighted by Gasteiger charge is 2.33. The zero-order chi connectivity index (χ0) is 16.3. The van der Waals surface area contributed by atoms with Crippen molar-refractivity contribution in [3.63, 3.8) is 0 Å². The molecule has 1 amide bonds. The first-order chi connectivity index (χ1) is 10.4. The van der Waals surface area contributed by atoms with Gasteiger partial charge in [-0.1, -0.05) is 18.9 Å². The van der Waals surface area contributed by atoms with Crippen LogP contribution in [0.1, 0.15) is 49.3 Å². The molecule has 1 N–H and O–H groups in total. The van der Waals surface area contributed by atoms with E-state index in [1.54, 1.807) is 0 Å². The molecule has 1 fully saturated rings. The van der Waals surface area contributed by atoms with Crippen molar-refractivity contribution >= 4 is 11.9 Å². The number of nitrogens with one attached hydrogen (secondary N) is 1. The van der Waals surface area contributed by atoms with Gasteiger partial charge in [-0.3, -0.25) is 4.79 Å². The summed E-state index contributed by atoms with van der Waals surface area (Å²) in [5.74, 6) is 0.236. The number of carbonyl (C=O) groups is 2. The van der Waals surface area contributed by atoms with Crippen molar-refractivity contribution in [3.8, 4) is 5.75 Å². The monoisotopic (exact) mass is 303 g/mol. The van der Waals surface area contributed by atoms with Crippen molar-refractivity contribution in [2.24, 2.45) is 5.92 Å². The van der Waals surface area contributed by atoms with Crippen LogP contribution in [0.3, 0.4) is 0 Å². The fraction of sp³-hybridized carbons (Fsp3) is 0.556. The number of carbonyl (C=O) groups excluding carboxylic acids is 2. The lowest BCUT2D eigenvalue weighted by Gasteiger charge is -2.23. The third-order valence-electron chi connectivity index (χ3n) is 4.46. The maximum Gasteiger partial charge on any atom is 0.334 e. The van der Waals surface area contributed by atoms with Crippen molar-refractivity contribution in [2.75, 3.05) is 0 Å². The standard InChI is InChI=1S/C18H25NO3/c1-11-9-12(2)13(3)16(10-11)22-18(21)17(19-14(4)20)15-7-5-6-8-15/h9-10,15,17H,5-8H2,1-4H3,(H,19,20). The molecule has 1 aromatic rings. The van der Waals surface area contributed by atoms with Crippen LogP contribution < -0.4 is 10.1 Å². The molecule has 1 atom stereocenters. The van der Waals surface area contributed by atoms with Crippen molar-refractivity contribution < 1.29 is 14.3 Å². The van der Waals surface area contributed by atoms with Gasteiger partial charge >= 0.3 is 5.97 Å². The Morgan fingerprint density at radius 1 is 1.18 bits per heavy atom. The summed E-state index contributed by atoms with van der Waals surface area (Å²) >= 11 is 0. The smallest absolute Gasteiger partial charge is 0.334 e. The lowest BCUT2D eigenvalue weighted by atomic mass is 9.98. The van der Waals surface area contributed by atoms with Gasteiger partial charge in [0.15, 0.2) is 0 Å². The highest BCUT2D eigenvalue weighted by molar-refractivity contribution is 5.85. The Morgan fingerprint density at radius 2 is 1.82 bits per heavy atom. The van der Waals surface area contributed by atoms with Gasteiger partial charge in [0.1, 0.15) is 11.8 Å². The number of hydrogen-bond acceptors (Lipinski definition) is 3. The maximum atomic E-state index is 12.6. The minimum atomic E-state index is -0.541. The highest BCUT2D eigenvalue weighted by atomic mass is 16.5. The molecule has 0 radical (unpaired) electrons. The second kappa shape index (κ2) is 6.95. The molecule has 4 heteroatoms. The number of benzene rings is 1. The predicted molar refractivity (Wildman–Crippen MR) is 85.9 cm³/mol. The van der Waals surface area contributed by atoms with Gasteiger partial charge in [0.2, 0.25) is 5.91 Å². The average molecular weight is 303 g/mol. The highest BCUT2D eigenvalue weighted by Crippen LogP contribution is 2.30. The van der Waals surface area contributed by atoms with Gasteiger partial charge in [0.25, 0.3) is 0 Å². The van der Waals surface area contributed by atoms with Crippen LogP contribution in [0.4, 0.5) is 0 Å². The van der Waals surface area contributed by atoms with Crippen LogP contribution in [-0.2, 0) is 9.59 Å². The van der Waals surface area contributed by atoms with Gasteiger partial charge in [-0.05, 0) is 62.3 Å². The molecular formula is C18H25NO3. The van der Waals surface area contributed by atoms with E-state index in [2.05, 4.69) is 11.4 Å². The van der Waals surface area contributed by atoms with Crippen molar-refractivity contribution in [3.05, 3.63) is 28.8 Å². The molecule has 2 rings (SSSR count). The van der Waals surface area contributed by atoms with E-state index < -0.39 is 6.04 Å². The molecule has 0 bridgehead atoms. The average Bonchev–Trinajstić information content (AvgIpc) is 2.95. The summed E-state index contributed by atoms with van der Waals surface area (Å²) < 4.78 is 5.63. The Hall–Kier alpha value is -1.84. The Kier molecular flexibility index (Phi) is 5.22. The first-order valence-corrected chi connectivity index (χ1v) is 7.95. The van der Waals surface area contributed by atoms with Crippen LogP contribution in [0, 0.1) is 26.7 Å². The molecule has 1 unspecified atom stereocenters. The largest absolute Gasteiger partial charge is 0.425 e. The van der Waals surface area contributed by atoms with Gasteiger partial charge in [0, 0.05) is 6.92 Å². The minimum Gasteiger partial charge on any atom is -0.425 e. The molecule has 0 saturated heterocycles. The van der Waals surface area contributed by atoms with Crippen LogP contribution >= 0.6 is 0 Å². The molecule has 22 heavy (non-hydrogen) atoms. The summed E-state index contributed by atoms with van der Waals surface area (Å²) in [6.45, 7) is 7.37. The molecule has 1 aromatic carbocycles. The van der Waals surface area contributed by atoms with Gasteiger partial charge < -0.3 is 10.1 Å². The van der Waals surface area contributed by atoms with E-state index in [0.29, 0.717) is 5.75 Å². The molecule has 1 aliphatic carbocycles. The molecule has 1 saturated carbocycles. The van der Waals surface area contributed by atoms with Crippen LogP contribution in [0.15, 0.2) is 12.1 Å². The van der Waals surface area contributed by atoms with Gasteiger partial charge in [-0.15, -0.1) is 0 Å². The lowest BCUT2D eigenvalue weighted by Crippen LogP contribution is -2.46.